The minimum atomic E-state index is -1.16. The molecule has 1 N–H and O–H groups in total. The third kappa shape index (κ3) is 2.95. The van der Waals surface area contributed by atoms with Gasteiger partial charge in [0.1, 0.15) is 21.8 Å². The van der Waals surface area contributed by atoms with Gasteiger partial charge in [0.05, 0.1) is 16.2 Å². The van der Waals surface area contributed by atoms with Crippen LogP contribution in [0.2, 0.25) is 0 Å². The van der Waals surface area contributed by atoms with E-state index in [4.69, 9.17) is 0 Å². The minimum Gasteiger partial charge on any atom is -0.548 e. The van der Waals surface area contributed by atoms with Crippen LogP contribution in [0, 0.1) is 0 Å². The number of fused-ring (bicyclic) bond motifs is 1. The monoisotopic (exact) mass is 302 g/mol. The number of carbonyl (C=O) groups excluding carboxylic acids is 1. The van der Waals surface area contributed by atoms with Gasteiger partial charge in [-0.3, -0.25) is 4.99 Å². The van der Waals surface area contributed by atoms with Gasteiger partial charge in [-0.25, -0.2) is 4.98 Å². The Labute approximate surface area is 139 Å². The smallest absolute Gasteiger partial charge is 0.548 e. The maximum absolute atomic E-state index is 10.7. The maximum atomic E-state index is 10.7. The van der Waals surface area contributed by atoms with Gasteiger partial charge in [0.25, 0.3) is 0 Å². The number of hydrogen-bond donors (Lipinski definition) is 1. The third-order valence-electron chi connectivity index (χ3n) is 2.48. The minimum absolute atomic E-state index is 0. The van der Waals surface area contributed by atoms with E-state index >= 15 is 0 Å². The van der Waals surface area contributed by atoms with Crippen LogP contribution in [-0.4, -0.2) is 32.9 Å². The van der Waals surface area contributed by atoms with Gasteiger partial charge in [0, 0.05) is 5.75 Å². The molecule has 0 spiro atoms. The standard InChI is InChI=1S/C11H8N2O3S2.Na/c14-5-1-2-6-8(3-5)18-10(12-6)9-13-7(4-17-9)11(15)16;/h1-3,7,14H,4H2,(H,15,16);/q;+1/p-1. The Hall–Kier alpha value is -0.600. The molecule has 0 radical (unpaired) electrons. The Morgan fingerprint density at radius 1 is 1.47 bits per heavy atom. The second kappa shape index (κ2) is 5.80. The van der Waals surface area contributed by atoms with E-state index in [1.807, 2.05) is 0 Å². The normalized spacial score (nSPS) is 18.1. The van der Waals surface area contributed by atoms with E-state index in [1.165, 1.54) is 23.1 Å². The van der Waals surface area contributed by atoms with Crippen molar-refractivity contribution in [3.8, 4) is 5.75 Å². The van der Waals surface area contributed by atoms with Crippen molar-refractivity contribution in [3.05, 3.63) is 23.2 Å². The number of aliphatic carboxylic acids is 1. The van der Waals surface area contributed by atoms with Crippen LogP contribution in [0.3, 0.4) is 0 Å². The van der Waals surface area contributed by atoms with Gasteiger partial charge in [-0.15, -0.1) is 23.1 Å². The fourth-order valence-corrected chi connectivity index (χ4v) is 3.71. The van der Waals surface area contributed by atoms with Crippen LogP contribution in [0.25, 0.3) is 10.2 Å². The summed E-state index contributed by atoms with van der Waals surface area (Å²) in [5.74, 6) is -0.582. The Balaban J connectivity index is 0.00000133. The fourth-order valence-electron chi connectivity index (χ4n) is 1.62. The number of phenols is 1. The predicted molar refractivity (Wildman–Crippen MR) is 69.1 cm³/mol. The van der Waals surface area contributed by atoms with Gasteiger partial charge >= 0.3 is 29.6 Å². The molecule has 1 unspecified atom stereocenters. The number of nitrogens with zero attached hydrogens (tertiary/aromatic N) is 2. The van der Waals surface area contributed by atoms with Crippen molar-refractivity contribution in [3.63, 3.8) is 0 Å². The molecule has 8 heteroatoms. The summed E-state index contributed by atoms with van der Waals surface area (Å²) in [6.07, 6.45) is 0. The van der Waals surface area contributed by atoms with Crippen molar-refractivity contribution in [2.24, 2.45) is 4.99 Å². The number of benzene rings is 1. The Bertz CT molecular complexity index is 671. The Morgan fingerprint density at radius 2 is 2.26 bits per heavy atom. The first-order valence-corrected chi connectivity index (χ1v) is 6.95. The van der Waals surface area contributed by atoms with Gasteiger partial charge in [-0.05, 0) is 18.2 Å². The quantitative estimate of drug-likeness (QED) is 0.626. The molecule has 0 amide bonds. The molecular weight excluding hydrogens is 295 g/mol. The molecule has 19 heavy (non-hydrogen) atoms. The van der Waals surface area contributed by atoms with E-state index < -0.39 is 12.0 Å². The summed E-state index contributed by atoms with van der Waals surface area (Å²) in [6, 6.07) is 4.14. The number of thioether (sulfide) groups is 1. The number of aromatic hydroxyl groups is 1. The van der Waals surface area contributed by atoms with Gasteiger partial charge in [0.15, 0.2) is 0 Å². The first kappa shape index (κ1) is 14.8. The summed E-state index contributed by atoms with van der Waals surface area (Å²) in [6.45, 7) is 0. The topological polar surface area (TPSA) is 85.6 Å². The van der Waals surface area contributed by atoms with Gasteiger partial charge in [0.2, 0.25) is 0 Å². The van der Waals surface area contributed by atoms with Crippen LogP contribution in [0.4, 0.5) is 0 Å². The SMILES string of the molecule is O=C([O-])C1CSC(c2nc3ccc(O)cc3s2)=N1.[Na+]. The first-order chi connectivity index (χ1) is 8.63. The summed E-state index contributed by atoms with van der Waals surface area (Å²) in [5.41, 5.74) is 0.771. The Morgan fingerprint density at radius 3 is 2.95 bits per heavy atom. The van der Waals surface area contributed by atoms with E-state index in [9.17, 15) is 15.0 Å². The van der Waals surface area contributed by atoms with Gasteiger partial charge < -0.3 is 15.0 Å². The van der Waals surface area contributed by atoms with Crippen LogP contribution in [0.5, 0.6) is 5.75 Å². The van der Waals surface area contributed by atoms with Crippen molar-refractivity contribution in [2.75, 3.05) is 5.75 Å². The van der Waals surface area contributed by atoms with E-state index in [1.54, 1.807) is 18.2 Å². The van der Waals surface area contributed by atoms with Crippen molar-refractivity contribution in [1.29, 1.82) is 0 Å². The molecule has 1 aliphatic heterocycles. The van der Waals surface area contributed by atoms with E-state index in [0.29, 0.717) is 15.8 Å². The van der Waals surface area contributed by atoms with Crippen molar-refractivity contribution >= 4 is 44.3 Å². The third-order valence-corrected chi connectivity index (χ3v) is 4.69. The average Bonchev–Trinajstić information content (AvgIpc) is 2.93. The van der Waals surface area contributed by atoms with Crippen LogP contribution < -0.4 is 34.7 Å². The molecule has 2 heterocycles. The summed E-state index contributed by atoms with van der Waals surface area (Å²) < 4.78 is 0.852. The molecule has 2 aromatic rings. The first-order valence-electron chi connectivity index (χ1n) is 5.15. The number of rotatable bonds is 2. The molecule has 0 fully saturated rings. The van der Waals surface area contributed by atoms with Crippen LogP contribution >= 0.6 is 23.1 Å². The number of hydrogen-bond acceptors (Lipinski definition) is 7. The molecule has 1 aromatic carbocycles. The van der Waals surface area contributed by atoms with Crippen LogP contribution in [0.15, 0.2) is 23.2 Å². The van der Waals surface area contributed by atoms with E-state index in [-0.39, 0.29) is 35.3 Å². The fraction of sp³-hybridized carbons (Fsp3) is 0.182. The summed E-state index contributed by atoms with van der Waals surface area (Å²) in [4.78, 5) is 19.2. The molecule has 5 nitrogen and oxygen atoms in total. The zero-order chi connectivity index (χ0) is 12.7. The van der Waals surface area contributed by atoms with Crippen LogP contribution in [-0.2, 0) is 4.79 Å². The number of thiazole rings is 1. The van der Waals surface area contributed by atoms with Gasteiger partial charge in [-0.1, -0.05) is 0 Å². The number of phenolic OH excluding ortho intramolecular Hbond substituents is 1. The predicted octanol–water partition coefficient (Wildman–Crippen LogP) is -2.38. The molecule has 1 aromatic heterocycles. The van der Waals surface area contributed by atoms with Crippen molar-refractivity contribution in [1.82, 2.24) is 4.98 Å². The number of carboxylic acids is 1. The Kier molecular flexibility index (Phi) is 4.52. The largest absolute Gasteiger partial charge is 1.00 e. The molecular formula is C11H7N2NaO3S2. The summed E-state index contributed by atoms with van der Waals surface area (Å²) in [7, 11) is 0. The van der Waals surface area contributed by atoms with E-state index in [2.05, 4.69) is 9.98 Å². The number of carbonyl (C=O) groups is 1. The molecule has 0 bridgehead atoms. The molecule has 1 atom stereocenters. The summed E-state index contributed by atoms with van der Waals surface area (Å²) >= 11 is 2.75. The second-order valence-corrected chi connectivity index (χ2v) is 5.79. The second-order valence-electron chi connectivity index (χ2n) is 3.75. The number of aromatic nitrogens is 1. The molecule has 0 aliphatic carbocycles. The summed E-state index contributed by atoms with van der Waals surface area (Å²) in [5, 5.41) is 21.4. The average molecular weight is 302 g/mol. The molecule has 92 valence electrons. The zero-order valence-corrected chi connectivity index (χ0v) is 13.6. The number of aliphatic imine (C=N–C) groups is 1. The zero-order valence-electron chi connectivity index (χ0n) is 9.99. The molecule has 0 saturated heterocycles. The van der Waals surface area contributed by atoms with Crippen molar-refractivity contribution in [2.45, 2.75) is 6.04 Å². The molecule has 3 rings (SSSR count). The van der Waals surface area contributed by atoms with E-state index in [0.717, 1.165) is 10.2 Å². The van der Waals surface area contributed by atoms with Gasteiger partial charge in [-0.2, -0.15) is 0 Å². The van der Waals surface area contributed by atoms with Crippen LogP contribution in [0.1, 0.15) is 5.01 Å². The maximum Gasteiger partial charge on any atom is 1.00 e. The molecule has 0 saturated carbocycles. The molecule has 1 aliphatic rings. The number of carboxylic acid groups (broad SMARTS) is 1. The van der Waals surface area contributed by atoms with Crippen molar-refractivity contribution < 1.29 is 44.6 Å².